The first-order chi connectivity index (χ1) is 37.0. The van der Waals surface area contributed by atoms with Crippen LogP contribution in [-0.4, -0.2) is 147 Å². The number of benzene rings is 3. The molecule has 0 aliphatic carbocycles. The van der Waals surface area contributed by atoms with Crippen LogP contribution in [0.2, 0.25) is 0 Å². The lowest BCUT2D eigenvalue weighted by molar-refractivity contribution is -0.144. The van der Waals surface area contributed by atoms with E-state index in [-0.39, 0.29) is 72.8 Å². The number of aromatic hydroxyl groups is 1. The van der Waals surface area contributed by atoms with Crippen LogP contribution in [0.4, 0.5) is 5.82 Å². The van der Waals surface area contributed by atoms with Gasteiger partial charge < -0.3 is 56.1 Å². The number of β-amino-alcohol motifs (C(OH)–C–C–N with tert-alkyl or cyclic N) is 1. The lowest BCUT2D eigenvalue weighted by Gasteiger charge is -2.37. The largest absolute Gasteiger partial charge is 0.507 e. The second-order valence-corrected chi connectivity index (χ2v) is 22.6. The number of aryl methyl sites for hydroxylation is 1. The summed E-state index contributed by atoms with van der Waals surface area (Å²) in [5, 5.41) is 38.1. The number of aliphatic hydroxyl groups is 1. The van der Waals surface area contributed by atoms with E-state index >= 15 is 0 Å². The summed E-state index contributed by atoms with van der Waals surface area (Å²) in [5.74, 6) is -0.253. The lowest BCUT2D eigenvalue weighted by Crippen LogP contribution is -2.58. The number of thiazole rings is 1. The van der Waals surface area contributed by atoms with Gasteiger partial charge in [0, 0.05) is 89.7 Å². The van der Waals surface area contributed by atoms with Gasteiger partial charge in [0.05, 0.1) is 47.0 Å². The fraction of sp³-hybridized carbons (Fsp3) is 0.500. The number of nitrogen functional groups attached to an aromatic ring is 1. The number of ether oxygens (including phenoxy) is 2. The van der Waals surface area contributed by atoms with Gasteiger partial charge in [0.2, 0.25) is 23.6 Å². The van der Waals surface area contributed by atoms with Crippen molar-refractivity contribution >= 4 is 40.8 Å². The zero-order valence-electron chi connectivity index (χ0n) is 45.1. The second-order valence-electron chi connectivity index (χ2n) is 21.8. The number of phenolic OH excluding ortho intramolecular Hbond substituents is 1. The van der Waals surface area contributed by atoms with E-state index in [2.05, 4.69) is 40.9 Å². The van der Waals surface area contributed by atoms with Crippen molar-refractivity contribution in [2.75, 3.05) is 58.2 Å². The van der Waals surface area contributed by atoms with Crippen LogP contribution < -0.4 is 26.4 Å². The molecule has 5 aromatic rings. The van der Waals surface area contributed by atoms with Crippen LogP contribution in [-0.2, 0) is 36.9 Å². The Hall–Kier alpha value is -6.51. The maximum atomic E-state index is 14.2. The van der Waals surface area contributed by atoms with Crippen LogP contribution in [0.25, 0.3) is 21.7 Å². The van der Waals surface area contributed by atoms with Crippen LogP contribution in [0.1, 0.15) is 101 Å². The highest BCUT2D eigenvalue weighted by atomic mass is 32.1. The standard InChI is InChI=1S/C58H76N10O8S/c1-37(41-14-16-42(17-15-41)53-38(2)61-36-77-53)62-56(73)48-32-43(69)35-68(48)57(74)54(58(3,4)5)63-52(72)23-30-67-27-20-45(21-28-67)76-44-18-25-66(26-19-44)29-22-51(71)60-34-40-12-10-39(11-13-40)24-31-75-50-33-47(64-65-55(50)59)46-8-6-7-9-49(46)70/h6-17,33,36-37,43-45,48,54,69-70H,18-32,34-35H2,1-5H3,(H2,59,65)(H,60,71)(H,62,73)(H,63,72)/t37-,43+,48-,54+/m0/s1. The van der Waals surface area contributed by atoms with Gasteiger partial charge in [-0.2, -0.15) is 0 Å². The van der Waals surface area contributed by atoms with Crippen molar-refractivity contribution in [3.8, 4) is 33.2 Å². The molecule has 18 nitrogen and oxygen atoms in total. The van der Waals surface area contributed by atoms with Gasteiger partial charge in [0.1, 0.15) is 23.5 Å². The Labute approximate surface area is 456 Å². The zero-order chi connectivity index (χ0) is 54.6. The van der Waals surface area contributed by atoms with Crippen molar-refractivity contribution in [3.63, 3.8) is 0 Å². The molecule has 4 atom stereocenters. The first-order valence-electron chi connectivity index (χ1n) is 27.0. The number of hydrogen-bond donors (Lipinski definition) is 6. The Balaban J connectivity index is 0.687. The van der Waals surface area contributed by atoms with Crippen molar-refractivity contribution in [2.24, 2.45) is 5.41 Å². The van der Waals surface area contributed by atoms with Gasteiger partial charge in [-0.3, -0.25) is 19.2 Å². The van der Waals surface area contributed by atoms with Gasteiger partial charge in [0.15, 0.2) is 11.6 Å². The SMILES string of the molecule is Cc1ncsc1-c1ccc([C@H](C)NC(=O)[C@@H]2C[C@@H](O)CN2C(=O)[C@@H](NC(=O)CCN2CCC(OC3CCN(CCC(=O)NCc4ccc(CCOc5cc(-c6ccccc6O)nnc5N)cc4)CC3)CC2)C(C)(C)C)cc1. The molecule has 3 fully saturated rings. The van der Waals surface area contributed by atoms with E-state index in [0.717, 1.165) is 84.7 Å². The number of nitrogens with two attached hydrogens (primary N) is 1. The maximum absolute atomic E-state index is 14.2. The summed E-state index contributed by atoms with van der Waals surface area (Å²) in [5.41, 5.74) is 13.2. The smallest absolute Gasteiger partial charge is 0.246 e. The van der Waals surface area contributed by atoms with Gasteiger partial charge in [0.25, 0.3) is 0 Å². The number of carbonyl (C=O) groups excluding carboxylic acids is 4. The predicted octanol–water partition coefficient (Wildman–Crippen LogP) is 6.20. The van der Waals surface area contributed by atoms with Gasteiger partial charge in [-0.1, -0.05) is 81.4 Å². The summed E-state index contributed by atoms with van der Waals surface area (Å²) in [6, 6.07) is 22.5. The number of amides is 4. The fourth-order valence-corrected chi connectivity index (χ4v) is 11.1. The van der Waals surface area contributed by atoms with E-state index in [4.69, 9.17) is 15.2 Å². The minimum Gasteiger partial charge on any atom is -0.507 e. The van der Waals surface area contributed by atoms with E-state index < -0.39 is 23.6 Å². The Bertz CT molecular complexity index is 2770. The van der Waals surface area contributed by atoms with Crippen LogP contribution in [0.15, 0.2) is 84.4 Å². The zero-order valence-corrected chi connectivity index (χ0v) is 45.9. The first-order valence-corrected chi connectivity index (χ1v) is 27.9. The van der Waals surface area contributed by atoms with Gasteiger partial charge in [-0.15, -0.1) is 21.5 Å². The fourth-order valence-electron chi connectivity index (χ4n) is 10.3. The van der Waals surface area contributed by atoms with Gasteiger partial charge in [-0.05, 0) is 79.3 Å². The average molecular weight is 1070 g/mol. The molecule has 0 radical (unpaired) electrons. The molecule has 77 heavy (non-hydrogen) atoms. The third-order valence-electron chi connectivity index (χ3n) is 15.0. The molecule has 8 rings (SSSR count). The lowest BCUT2D eigenvalue weighted by atomic mass is 9.85. The van der Waals surface area contributed by atoms with E-state index in [1.54, 1.807) is 35.6 Å². The van der Waals surface area contributed by atoms with Crippen LogP contribution >= 0.6 is 11.3 Å². The minimum atomic E-state index is -0.888. The van der Waals surface area contributed by atoms with Crippen molar-refractivity contribution in [1.82, 2.24) is 45.8 Å². The third kappa shape index (κ3) is 15.6. The Morgan fingerprint density at radius 2 is 1.48 bits per heavy atom. The third-order valence-corrected chi connectivity index (χ3v) is 15.9. The molecular weight excluding hydrogens is 997 g/mol. The van der Waals surface area contributed by atoms with Crippen LogP contribution in [0.3, 0.4) is 0 Å². The summed E-state index contributed by atoms with van der Waals surface area (Å²) in [6.45, 7) is 15.0. The van der Waals surface area contributed by atoms with Crippen molar-refractivity contribution < 1.29 is 38.9 Å². The number of hydrogen-bond acceptors (Lipinski definition) is 15. The molecule has 5 heterocycles. The highest BCUT2D eigenvalue weighted by Gasteiger charge is 2.45. The quantitative estimate of drug-likeness (QED) is 0.0481. The topological polar surface area (TPSA) is 238 Å². The molecule has 3 aromatic carbocycles. The molecule has 0 spiro atoms. The summed E-state index contributed by atoms with van der Waals surface area (Å²) in [7, 11) is 0. The summed E-state index contributed by atoms with van der Waals surface area (Å²) >= 11 is 1.58. The molecule has 3 saturated heterocycles. The van der Waals surface area contributed by atoms with Crippen molar-refractivity contribution in [2.45, 2.75) is 129 Å². The molecule has 4 amide bonds. The summed E-state index contributed by atoms with van der Waals surface area (Å²) < 4.78 is 12.5. The molecule has 7 N–H and O–H groups in total. The molecule has 0 saturated carbocycles. The summed E-state index contributed by atoms with van der Waals surface area (Å²) in [4.78, 5) is 65.8. The number of para-hydroxylation sites is 1. The first kappa shape index (κ1) is 56.7. The minimum absolute atomic E-state index is 0.0150. The van der Waals surface area contributed by atoms with E-state index in [9.17, 15) is 29.4 Å². The predicted molar refractivity (Wildman–Crippen MR) is 297 cm³/mol. The van der Waals surface area contributed by atoms with Crippen LogP contribution in [0.5, 0.6) is 11.5 Å². The Morgan fingerprint density at radius 1 is 0.844 bits per heavy atom. The average Bonchev–Trinajstić information content (AvgIpc) is 4.06. The molecule has 0 bridgehead atoms. The molecule has 412 valence electrons. The maximum Gasteiger partial charge on any atom is 0.246 e. The number of phenols is 1. The number of anilines is 1. The summed E-state index contributed by atoms with van der Waals surface area (Å²) in [6.07, 6.45) is 4.49. The Kier molecular flexibility index (Phi) is 19.3. The molecule has 2 aromatic heterocycles. The highest BCUT2D eigenvalue weighted by Crippen LogP contribution is 2.32. The van der Waals surface area contributed by atoms with Gasteiger partial charge in [-0.25, -0.2) is 4.98 Å². The highest BCUT2D eigenvalue weighted by molar-refractivity contribution is 7.13. The number of rotatable bonds is 21. The van der Waals surface area contributed by atoms with Crippen LogP contribution in [0, 0.1) is 12.3 Å². The molecular formula is C58H76N10O8S. The van der Waals surface area contributed by atoms with E-state index in [1.807, 2.05) is 94.7 Å². The van der Waals surface area contributed by atoms with Crippen molar-refractivity contribution in [3.05, 3.63) is 107 Å². The number of piperidine rings is 2. The number of nitrogens with zero attached hydrogens (tertiary/aromatic N) is 6. The second kappa shape index (κ2) is 26.2. The number of aromatic nitrogens is 3. The molecule has 3 aliphatic rings. The normalized spacial score (nSPS) is 18.6. The number of aliphatic hydroxyl groups excluding tert-OH is 1. The number of carbonyl (C=O) groups is 4. The van der Waals surface area contributed by atoms with E-state index in [1.165, 1.54) is 4.90 Å². The monoisotopic (exact) mass is 1070 g/mol. The molecule has 3 aliphatic heterocycles. The number of nitrogens with one attached hydrogen (secondary N) is 3. The number of likely N-dealkylation sites (tertiary alicyclic amines) is 3. The van der Waals surface area contributed by atoms with Gasteiger partial charge >= 0.3 is 0 Å². The van der Waals surface area contributed by atoms with E-state index in [0.29, 0.717) is 56.1 Å². The molecule has 0 unspecified atom stereocenters. The van der Waals surface area contributed by atoms with Crippen molar-refractivity contribution in [1.29, 1.82) is 0 Å². The molecule has 19 heteroatoms. The Morgan fingerprint density at radius 3 is 2.10 bits per heavy atom.